The van der Waals surface area contributed by atoms with Gasteiger partial charge in [-0.3, -0.25) is 9.69 Å². The highest BCUT2D eigenvalue weighted by Gasteiger charge is 2.28. The summed E-state index contributed by atoms with van der Waals surface area (Å²) in [6.07, 6.45) is 1.87. The van der Waals surface area contributed by atoms with Gasteiger partial charge in [0, 0.05) is 38.1 Å². The average molecular weight is 315 g/mol. The van der Waals surface area contributed by atoms with E-state index in [0.717, 1.165) is 32.7 Å². The number of hydrogen-bond donors (Lipinski definition) is 2. The second-order valence-corrected chi connectivity index (χ2v) is 6.05. The number of unbranched alkanes of at least 4 members (excludes halogenated alkanes) is 1. The Hall–Kier alpha value is -1.34. The number of rotatable bonds is 8. The molecule has 2 N–H and O–H groups in total. The molecule has 1 aliphatic heterocycles. The van der Waals surface area contributed by atoms with Gasteiger partial charge in [0.15, 0.2) is 0 Å². The van der Waals surface area contributed by atoms with Gasteiger partial charge in [0.25, 0.3) is 0 Å². The number of methoxy groups -OCH3 is 1. The van der Waals surface area contributed by atoms with Crippen molar-refractivity contribution in [3.63, 3.8) is 0 Å². The number of urea groups is 1. The van der Waals surface area contributed by atoms with Crippen LogP contribution in [0.4, 0.5) is 4.79 Å². The summed E-state index contributed by atoms with van der Waals surface area (Å²) in [5, 5.41) is 5.71. The Morgan fingerprint density at radius 2 is 1.86 bits per heavy atom. The summed E-state index contributed by atoms with van der Waals surface area (Å²) in [4.78, 5) is 25.0. The molecule has 1 rings (SSSR count). The van der Waals surface area contributed by atoms with E-state index in [9.17, 15) is 9.59 Å². The van der Waals surface area contributed by atoms with E-state index >= 15 is 0 Å². The summed E-state index contributed by atoms with van der Waals surface area (Å²) in [6.45, 7) is 8.66. The quantitative estimate of drug-likeness (QED) is 0.510. The largest absolute Gasteiger partial charge is 0.469 e. The Balaban J connectivity index is 2.12. The van der Waals surface area contributed by atoms with E-state index in [4.69, 9.17) is 4.74 Å². The van der Waals surface area contributed by atoms with Crippen molar-refractivity contribution in [3.8, 4) is 0 Å². The third-order valence-electron chi connectivity index (χ3n) is 3.87. The monoisotopic (exact) mass is 315 g/mol. The standard InChI is InChI=1S/C15H29N3O4/c1-15(2,18-8-10-22-11-9-18)12-17-14(20)16-7-5-4-6-13(19)21-3/h4-12H2,1-3H3,(H2,16,17,20). The predicted octanol–water partition coefficient (Wildman–Crippen LogP) is 0.740. The number of carbonyl (C=O) groups is 2. The number of nitrogens with one attached hydrogen (secondary N) is 2. The lowest BCUT2D eigenvalue weighted by Crippen LogP contribution is -2.56. The summed E-state index contributed by atoms with van der Waals surface area (Å²) >= 11 is 0. The van der Waals surface area contributed by atoms with Gasteiger partial charge in [0.05, 0.1) is 20.3 Å². The summed E-state index contributed by atoms with van der Waals surface area (Å²) in [5.41, 5.74) is -0.0913. The van der Waals surface area contributed by atoms with Crippen molar-refractivity contribution >= 4 is 12.0 Å². The van der Waals surface area contributed by atoms with Crippen molar-refractivity contribution in [3.05, 3.63) is 0 Å². The fourth-order valence-corrected chi connectivity index (χ4v) is 2.34. The van der Waals surface area contributed by atoms with Crippen molar-refractivity contribution in [1.82, 2.24) is 15.5 Å². The van der Waals surface area contributed by atoms with Crippen LogP contribution in [0.5, 0.6) is 0 Å². The van der Waals surface area contributed by atoms with E-state index < -0.39 is 0 Å². The molecule has 7 heteroatoms. The van der Waals surface area contributed by atoms with E-state index in [1.165, 1.54) is 7.11 Å². The van der Waals surface area contributed by atoms with Crippen molar-refractivity contribution in [2.75, 3.05) is 46.5 Å². The minimum absolute atomic E-state index is 0.0913. The molecule has 1 fully saturated rings. The lowest BCUT2D eigenvalue weighted by atomic mass is 10.0. The van der Waals surface area contributed by atoms with Crippen LogP contribution in [-0.4, -0.2) is 68.9 Å². The molecule has 2 amide bonds. The molecule has 128 valence electrons. The number of ether oxygens (including phenoxy) is 2. The number of hydrogen-bond acceptors (Lipinski definition) is 5. The van der Waals surface area contributed by atoms with Gasteiger partial charge >= 0.3 is 12.0 Å². The molecule has 0 atom stereocenters. The zero-order chi connectivity index (χ0) is 16.4. The fourth-order valence-electron chi connectivity index (χ4n) is 2.34. The first-order valence-electron chi connectivity index (χ1n) is 7.87. The number of morpholine rings is 1. The highest BCUT2D eigenvalue weighted by molar-refractivity contribution is 5.73. The van der Waals surface area contributed by atoms with Gasteiger partial charge < -0.3 is 20.1 Å². The number of esters is 1. The molecule has 0 aromatic carbocycles. The van der Waals surface area contributed by atoms with Gasteiger partial charge in [-0.1, -0.05) is 0 Å². The van der Waals surface area contributed by atoms with Gasteiger partial charge in [0.2, 0.25) is 0 Å². The highest BCUT2D eigenvalue weighted by atomic mass is 16.5. The number of carbonyl (C=O) groups excluding carboxylic acids is 2. The molecule has 7 nitrogen and oxygen atoms in total. The van der Waals surface area contributed by atoms with Crippen LogP contribution >= 0.6 is 0 Å². The van der Waals surface area contributed by atoms with Crippen LogP contribution in [0.2, 0.25) is 0 Å². The van der Waals surface area contributed by atoms with E-state index in [1.54, 1.807) is 0 Å². The smallest absolute Gasteiger partial charge is 0.314 e. The molecule has 1 heterocycles. The Morgan fingerprint density at radius 3 is 2.50 bits per heavy atom. The molecule has 1 saturated heterocycles. The van der Waals surface area contributed by atoms with Crippen LogP contribution in [0.1, 0.15) is 33.1 Å². The minimum atomic E-state index is -0.211. The molecular weight excluding hydrogens is 286 g/mol. The maximum absolute atomic E-state index is 11.8. The lowest BCUT2D eigenvalue weighted by Gasteiger charge is -2.40. The Bertz CT molecular complexity index is 355. The first-order chi connectivity index (χ1) is 10.5. The first-order valence-corrected chi connectivity index (χ1v) is 7.87. The molecule has 0 aliphatic carbocycles. The third kappa shape index (κ3) is 7.09. The van der Waals surface area contributed by atoms with Crippen LogP contribution < -0.4 is 10.6 Å². The van der Waals surface area contributed by atoms with Gasteiger partial charge in [-0.15, -0.1) is 0 Å². The molecule has 0 aromatic heterocycles. The summed E-state index contributed by atoms with van der Waals surface area (Å²) in [5.74, 6) is -0.211. The van der Waals surface area contributed by atoms with Crippen LogP contribution in [0, 0.1) is 0 Å². The second-order valence-electron chi connectivity index (χ2n) is 6.05. The van der Waals surface area contributed by atoms with E-state index in [0.29, 0.717) is 25.9 Å². The average Bonchev–Trinajstić information content (AvgIpc) is 2.53. The zero-order valence-corrected chi connectivity index (χ0v) is 13.9. The molecule has 1 aliphatic rings. The van der Waals surface area contributed by atoms with E-state index in [-0.39, 0.29) is 17.5 Å². The first kappa shape index (κ1) is 18.7. The normalized spacial score (nSPS) is 16.1. The Morgan fingerprint density at radius 1 is 1.18 bits per heavy atom. The number of nitrogens with zero attached hydrogens (tertiary/aromatic N) is 1. The molecule has 0 spiro atoms. The van der Waals surface area contributed by atoms with Crippen molar-refractivity contribution in [1.29, 1.82) is 0 Å². The van der Waals surface area contributed by atoms with E-state index in [2.05, 4.69) is 34.1 Å². The van der Waals surface area contributed by atoms with Crippen LogP contribution in [0.15, 0.2) is 0 Å². The molecule has 22 heavy (non-hydrogen) atoms. The van der Waals surface area contributed by atoms with Crippen molar-refractivity contribution in [2.24, 2.45) is 0 Å². The van der Waals surface area contributed by atoms with Crippen LogP contribution in [0.25, 0.3) is 0 Å². The second kappa shape index (κ2) is 9.63. The Kier molecular flexibility index (Phi) is 8.19. The summed E-state index contributed by atoms with van der Waals surface area (Å²) in [7, 11) is 1.38. The molecule has 0 aromatic rings. The molecule has 0 radical (unpaired) electrons. The topological polar surface area (TPSA) is 79.9 Å². The van der Waals surface area contributed by atoms with Gasteiger partial charge in [-0.05, 0) is 26.7 Å². The summed E-state index contributed by atoms with van der Waals surface area (Å²) < 4.78 is 9.91. The molecule has 0 saturated carbocycles. The molecule has 0 bridgehead atoms. The third-order valence-corrected chi connectivity index (χ3v) is 3.87. The van der Waals surface area contributed by atoms with Gasteiger partial charge in [-0.2, -0.15) is 0 Å². The maximum Gasteiger partial charge on any atom is 0.314 e. The molecular formula is C15H29N3O4. The lowest BCUT2D eigenvalue weighted by molar-refractivity contribution is -0.140. The summed E-state index contributed by atoms with van der Waals surface area (Å²) in [6, 6.07) is -0.167. The Labute approximate surface area is 132 Å². The van der Waals surface area contributed by atoms with Gasteiger partial charge in [0.1, 0.15) is 0 Å². The maximum atomic E-state index is 11.8. The number of amides is 2. The van der Waals surface area contributed by atoms with Crippen LogP contribution in [0.3, 0.4) is 0 Å². The molecule has 0 unspecified atom stereocenters. The van der Waals surface area contributed by atoms with Gasteiger partial charge in [-0.25, -0.2) is 4.79 Å². The minimum Gasteiger partial charge on any atom is -0.469 e. The highest BCUT2D eigenvalue weighted by Crippen LogP contribution is 2.14. The zero-order valence-electron chi connectivity index (χ0n) is 13.9. The SMILES string of the molecule is COC(=O)CCCCNC(=O)NCC(C)(C)N1CCOCC1. The predicted molar refractivity (Wildman–Crippen MR) is 83.7 cm³/mol. The fraction of sp³-hybridized carbons (Fsp3) is 0.867. The van der Waals surface area contributed by atoms with Crippen molar-refractivity contribution in [2.45, 2.75) is 38.6 Å². The van der Waals surface area contributed by atoms with Crippen LogP contribution in [-0.2, 0) is 14.3 Å². The van der Waals surface area contributed by atoms with Crippen molar-refractivity contribution < 1.29 is 19.1 Å². The van der Waals surface area contributed by atoms with E-state index in [1.807, 2.05) is 0 Å².